The fourth-order valence-electron chi connectivity index (χ4n) is 2.78. The molecule has 1 N–H and O–H groups in total. The first kappa shape index (κ1) is 17.7. The van der Waals surface area contributed by atoms with Crippen molar-refractivity contribution in [2.75, 3.05) is 40.4 Å². The molecular weight excluding hydrogens is 294 g/mol. The summed E-state index contributed by atoms with van der Waals surface area (Å²) in [6, 6.07) is 0. The van der Waals surface area contributed by atoms with Crippen LogP contribution in [0.1, 0.15) is 37.4 Å². The fourth-order valence-corrected chi connectivity index (χ4v) is 2.78. The third kappa shape index (κ3) is 6.17. The van der Waals surface area contributed by atoms with E-state index in [-0.39, 0.29) is 0 Å². The quantitative estimate of drug-likeness (QED) is 0.467. The van der Waals surface area contributed by atoms with Gasteiger partial charge in [-0.15, -0.1) is 0 Å². The zero-order valence-corrected chi connectivity index (χ0v) is 14.5. The molecule has 7 nitrogen and oxygen atoms in total. The number of aryl methyl sites for hydroxylation is 2. The summed E-state index contributed by atoms with van der Waals surface area (Å²) in [7, 11) is 3.92. The topological polar surface area (TPSA) is 75.8 Å². The minimum Gasteiger partial charge on any atom is -0.381 e. The molecule has 23 heavy (non-hydrogen) atoms. The summed E-state index contributed by atoms with van der Waals surface area (Å²) in [5.41, 5.74) is 0. The highest BCUT2D eigenvalue weighted by Crippen LogP contribution is 2.18. The number of nitrogens with zero attached hydrogens (tertiary/aromatic N) is 4. The fraction of sp³-hybridized carbons (Fsp3) is 0.812. The average Bonchev–Trinajstić information content (AvgIpc) is 2.99. The predicted molar refractivity (Wildman–Crippen MR) is 89.5 cm³/mol. The average molecular weight is 323 g/mol. The van der Waals surface area contributed by atoms with Crippen LogP contribution in [0.5, 0.6) is 0 Å². The van der Waals surface area contributed by atoms with Crippen molar-refractivity contribution in [2.45, 2.75) is 39.0 Å². The molecule has 1 saturated heterocycles. The highest BCUT2D eigenvalue weighted by molar-refractivity contribution is 5.79. The van der Waals surface area contributed by atoms with Gasteiger partial charge in [0.1, 0.15) is 0 Å². The zero-order chi connectivity index (χ0) is 16.5. The molecule has 0 amide bonds. The van der Waals surface area contributed by atoms with Crippen LogP contribution in [0.4, 0.5) is 0 Å². The van der Waals surface area contributed by atoms with Gasteiger partial charge in [-0.25, -0.2) is 0 Å². The van der Waals surface area contributed by atoms with Crippen molar-refractivity contribution >= 4 is 5.96 Å². The van der Waals surface area contributed by atoms with Crippen molar-refractivity contribution in [1.82, 2.24) is 20.4 Å². The van der Waals surface area contributed by atoms with Crippen LogP contribution in [-0.2, 0) is 11.2 Å². The minimum atomic E-state index is 0.691. The van der Waals surface area contributed by atoms with Crippen LogP contribution in [0.3, 0.4) is 0 Å². The standard InChI is InChI=1S/C16H29N5O2/c1-13-19-15(23-20-13)5-4-9-18-16(17-2)21(3)10-6-14-7-11-22-12-8-14/h14H,4-12H2,1-3H3,(H,17,18). The lowest BCUT2D eigenvalue weighted by Gasteiger charge is -2.26. The Morgan fingerprint density at radius 2 is 2.17 bits per heavy atom. The van der Waals surface area contributed by atoms with E-state index in [2.05, 4.69) is 32.4 Å². The zero-order valence-electron chi connectivity index (χ0n) is 14.5. The van der Waals surface area contributed by atoms with E-state index in [1.807, 2.05) is 14.0 Å². The predicted octanol–water partition coefficient (Wildman–Crippen LogP) is 1.63. The Hall–Kier alpha value is -1.63. The van der Waals surface area contributed by atoms with Gasteiger partial charge in [0.05, 0.1) is 0 Å². The summed E-state index contributed by atoms with van der Waals surface area (Å²) < 4.78 is 10.5. The second kappa shape index (κ2) is 9.50. The lowest BCUT2D eigenvalue weighted by Crippen LogP contribution is -2.40. The van der Waals surface area contributed by atoms with E-state index < -0.39 is 0 Å². The van der Waals surface area contributed by atoms with E-state index in [1.165, 1.54) is 19.3 Å². The first-order valence-electron chi connectivity index (χ1n) is 8.47. The SMILES string of the molecule is CN=C(NCCCc1nc(C)no1)N(C)CCC1CCOCC1. The van der Waals surface area contributed by atoms with Crippen LogP contribution in [0.15, 0.2) is 9.52 Å². The molecule has 0 atom stereocenters. The summed E-state index contributed by atoms with van der Waals surface area (Å²) in [6.45, 7) is 5.52. The molecule has 1 aromatic heterocycles. The summed E-state index contributed by atoms with van der Waals surface area (Å²) in [5, 5.41) is 7.19. The third-order valence-corrected chi connectivity index (χ3v) is 4.21. The van der Waals surface area contributed by atoms with Gasteiger partial charge in [0.25, 0.3) is 0 Å². The second-order valence-corrected chi connectivity index (χ2v) is 6.08. The van der Waals surface area contributed by atoms with Crippen molar-refractivity contribution in [3.8, 4) is 0 Å². The number of aliphatic imine (C=N–C) groups is 1. The summed E-state index contributed by atoms with van der Waals surface area (Å²) in [6.07, 6.45) is 5.29. The Labute approximate surface area is 138 Å². The van der Waals surface area contributed by atoms with Gasteiger partial charge in [0, 0.05) is 46.8 Å². The number of rotatable bonds is 7. The molecule has 0 saturated carbocycles. The van der Waals surface area contributed by atoms with E-state index >= 15 is 0 Å². The van der Waals surface area contributed by atoms with Crippen LogP contribution < -0.4 is 5.32 Å². The van der Waals surface area contributed by atoms with Crippen molar-refractivity contribution in [2.24, 2.45) is 10.9 Å². The van der Waals surface area contributed by atoms with E-state index in [1.54, 1.807) is 0 Å². The van der Waals surface area contributed by atoms with Crippen molar-refractivity contribution in [1.29, 1.82) is 0 Å². The molecule has 1 aromatic rings. The van der Waals surface area contributed by atoms with E-state index in [0.29, 0.717) is 11.7 Å². The first-order chi connectivity index (χ1) is 11.2. The van der Waals surface area contributed by atoms with Gasteiger partial charge in [0.2, 0.25) is 5.89 Å². The van der Waals surface area contributed by atoms with E-state index in [9.17, 15) is 0 Å². The maximum absolute atomic E-state index is 5.41. The molecule has 2 rings (SSSR count). The van der Waals surface area contributed by atoms with E-state index in [0.717, 1.165) is 51.0 Å². The minimum absolute atomic E-state index is 0.691. The molecule has 2 heterocycles. The van der Waals surface area contributed by atoms with Gasteiger partial charge in [-0.2, -0.15) is 4.98 Å². The molecule has 7 heteroatoms. The number of ether oxygens (including phenoxy) is 1. The van der Waals surface area contributed by atoms with Crippen molar-refractivity contribution in [3.63, 3.8) is 0 Å². The van der Waals surface area contributed by atoms with Crippen molar-refractivity contribution < 1.29 is 9.26 Å². The summed E-state index contributed by atoms with van der Waals surface area (Å²) in [5.74, 6) is 3.12. The monoisotopic (exact) mass is 323 g/mol. The van der Waals surface area contributed by atoms with Crippen LogP contribution in [0.2, 0.25) is 0 Å². The van der Waals surface area contributed by atoms with Gasteiger partial charge in [-0.3, -0.25) is 4.99 Å². The van der Waals surface area contributed by atoms with Gasteiger partial charge in [-0.1, -0.05) is 5.16 Å². The Morgan fingerprint density at radius 3 is 2.83 bits per heavy atom. The number of nitrogens with one attached hydrogen (secondary N) is 1. The number of guanidine groups is 1. The van der Waals surface area contributed by atoms with Gasteiger partial charge in [0.15, 0.2) is 11.8 Å². The highest BCUT2D eigenvalue weighted by atomic mass is 16.5. The van der Waals surface area contributed by atoms with Gasteiger partial charge in [-0.05, 0) is 38.5 Å². The lowest BCUT2D eigenvalue weighted by molar-refractivity contribution is 0.0625. The van der Waals surface area contributed by atoms with Crippen molar-refractivity contribution in [3.05, 3.63) is 11.7 Å². The Balaban J connectivity index is 1.63. The maximum atomic E-state index is 5.41. The van der Waals surface area contributed by atoms with Gasteiger partial charge >= 0.3 is 0 Å². The number of hydrogen-bond acceptors (Lipinski definition) is 5. The summed E-state index contributed by atoms with van der Waals surface area (Å²) >= 11 is 0. The molecule has 0 aromatic carbocycles. The highest BCUT2D eigenvalue weighted by Gasteiger charge is 2.15. The van der Waals surface area contributed by atoms with Gasteiger partial charge < -0.3 is 19.5 Å². The van der Waals surface area contributed by atoms with Crippen LogP contribution in [0.25, 0.3) is 0 Å². The summed E-state index contributed by atoms with van der Waals surface area (Å²) in [4.78, 5) is 10.8. The Bertz CT molecular complexity index is 483. The maximum Gasteiger partial charge on any atom is 0.226 e. The molecule has 1 fully saturated rings. The Kier molecular flexibility index (Phi) is 7.32. The third-order valence-electron chi connectivity index (χ3n) is 4.21. The number of hydrogen-bond donors (Lipinski definition) is 1. The van der Waals surface area contributed by atoms with E-state index in [4.69, 9.17) is 9.26 Å². The molecule has 130 valence electrons. The normalized spacial score (nSPS) is 16.6. The Morgan fingerprint density at radius 1 is 1.39 bits per heavy atom. The first-order valence-corrected chi connectivity index (χ1v) is 8.47. The second-order valence-electron chi connectivity index (χ2n) is 6.08. The van der Waals surface area contributed by atoms with Crippen LogP contribution in [-0.4, -0.2) is 61.4 Å². The molecule has 0 radical (unpaired) electrons. The molecule has 0 aliphatic carbocycles. The molecule has 0 bridgehead atoms. The van der Waals surface area contributed by atoms with Crippen LogP contribution >= 0.6 is 0 Å². The molecule has 1 aliphatic heterocycles. The van der Waals surface area contributed by atoms with Crippen LogP contribution in [0, 0.1) is 12.8 Å². The lowest BCUT2D eigenvalue weighted by atomic mass is 9.96. The molecule has 0 unspecified atom stereocenters. The molecule has 0 spiro atoms. The molecule has 1 aliphatic rings. The number of aromatic nitrogens is 2. The smallest absolute Gasteiger partial charge is 0.226 e. The molecular formula is C16H29N5O2. The largest absolute Gasteiger partial charge is 0.381 e.